The molecule has 2 N–H and O–H groups in total. The van der Waals surface area contributed by atoms with Crippen LogP contribution >= 0.6 is 0 Å². The number of H-pyrrole nitrogens is 1. The number of hydrogen-bond donors (Lipinski definition) is 2. The number of nitrogens with one attached hydrogen (secondary N) is 2. The molecule has 92 valence electrons. The van der Waals surface area contributed by atoms with Crippen LogP contribution in [0.25, 0.3) is 0 Å². The van der Waals surface area contributed by atoms with Gasteiger partial charge in [0, 0.05) is 17.4 Å². The summed E-state index contributed by atoms with van der Waals surface area (Å²) in [6.07, 6.45) is 0. The minimum atomic E-state index is -1.23. The van der Waals surface area contributed by atoms with Crippen LogP contribution in [-0.2, 0) is 0 Å². The Labute approximate surface area is 102 Å². The van der Waals surface area contributed by atoms with Crippen LogP contribution in [0.2, 0.25) is 0 Å². The molecule has 0 unspecified atom stereocenters. The van der Waals surface area contributed by atoms with Crippen molar-refractivity contribution in [2.75, 3.05) is 5.32 Å². The van der Waals surface area contributed by atoms with Gasteiger partial charge in [-0.05, 0) is 24.6 Å². The van der Waals surface area contributed by atoms with Gasteiger partial charge >= 0.3 is 0 Å². The molecular weight excluding hydrogens is 234 g/mol. The fraction of sp³-hybridized carbons (Fsp3) is 0.0833. The van der Waals surface area contributed by atoms with Crippen LogP contribution in [0.3, 0.4) is 0 Å². The van der Waals surface area contributed by atoms with Crippen LogP contribution in [0.1, 0.15) is 16.1 Å². The lowest BCUT2D eigenvalue weighted by Gasteiger charge is -2.07. The number of carbonyl (C=O) groups excluding carboxylic acids is 1. The molecule has 0 saturated carbocycles. The molecule has 0 bridgehead atoms. The zero-order chi connectivity index (χ0) is 13.1. The molecule has 0 aliphatic heterocycles. The molecule has 1 heterocycles. The first-order chi connectivity index (χ1) is 8.54. The number of carbonyl (C=O) groups is 1. The second-order valence-electron chi connectivity index (χ2n) is 3.73. The van der Waals surface area contributed by atoms with Crippen molar-refractivity contribution in [1.82, 2.24) is 9.97 Å². The number of aromatic nitrogens is 2. The van der Waals surface area contributed by atoms with Crippen molar-refractivity contribution >= 4 is 17.6 Å². The Hall–Kier alpha value is -2.63. The maximum atomic E-state index is 11.2. The first-order valence-electron chi connectivity index (χ1n) is 5.21. The number of aromatic amines is 1. The number of nitrogens with zero attached hydrogens (tertiary/aromatic N) is 1. The van der Waals surface area contributed by atoms with E-state index in [0.717, 1.165) is 0 Å². The van der Waals surface area contributed by atoms with Gasteiger partial charge in [-0.25, -0.2) is 4.98 Å². The summed E-state index contributed by atoms with van der Waals surface area (Å²) in [7, 11) is 0. The molecule has 2 aromatic rings. The SMILES string of the molecule is Cc1cc(=O)[nH]c(Nc2ccc(C(=O)[O-])cc2)n1. The van der Waals surface area contributed by atoms with E-state index in [2.05, 4.69) is 15.3 Å². The number of aromatic carboxylic acids is 1. The van der Waals surface area contributed by atoms with Crippen LogP contribution in [0.5, 0.6) is 0 Å². The van der Waals surface area contributed by atoms with Crippen molar-refractivity contribution in [3.8, 4) is 0 Å². The molecule has 0 aliphatic carbocycles. The monoisotopic (exact) mass is 244 g/mol. The van der Waals surface area contributed by atoms with Gasteiger partial charge in [0.15, 0.2) is 0 Å². The van der Waals surface area contributed by atoms with Crippen LogP contribution in [0, 0.1) is 6.92 Å². The minimum absolute atomic E-state index is 0.0891. The maximum absolute atomic E-state index is 11.2. The smallest absolute Gasteiger partial charge is 0.252 e. The number of anilines is 2. The zero-order valence-electron chi connectivity index (χ0n) is 9.56. The Morgan fingerprint density at radius 2 is 2.00 bits per heavy atom. The summed E-state index contributed by atoms with van der Waals surface area (Å²) in [5.41, 5.74) is 1.05. The van der Waals surface area contributed by atoms with Crippen LogP contribution in [-0.4, -0.2) is 15.9 Å². The molecule has 0 spiro atoms. The number of benzene rings is 1. The molecule has 6 nitrogen and oxygen atoms in total. The molecule has 0 amide bonds. The van der Waals surface area contributed by atoms with E-state index in [1.807, 2.05) is 0 Å². The summed E-state index contributed by atoms with van der Waals surface area (Å²) in [5.74, 6) is -0.926. The summed E-state index contributed by atoms with van der Waals surface area (Å²) in [5, 5.41) is 13.4. The van der Waals surface area contributed by atoms with Gasteiger partial charge in [-0.3, -0.25) is 9.78 Å². The molecule has 18 heavy (non-hydrogen) atoms. The first kappa shape index (κ1) is 11.8. The highest BCUT2D eigenvalue weighted by molar-refractivity contribution is 5.86. The van der Waals surface area contributed by atoms with Crippen molar-refractivity contribution in [3.63, 3.8) is 0 Å². The molecular formula is C12H10N3O3-. The minimum Gasteiger partial charge on any atom is -0.545 e. The third-order valence-corrected chi connectivity index (χ3v) is 2.25. The zero-order valence-corrected chi connectivity index (χ0v) is 9.56. The van der Waals surface area contributed by atoms with E-state index in [1.54, 1.807) is 19.1 Å². The quantitative estimate of drug-likeness (QED) is 0.802. The number of aryl methyl sites for hydroxylation is 1. The molecule has 1 aromatic carbocycles. The van der Waals surface area contributed by atoms with Gasteiger partial charge in [-0.1, -0.05) is 12.1 Å². The molecule has 0 atom stereocenters. The maximum Gasteiger partial charge on any atom is 0.252 e. The summed E-state index contributed by atoms with van der Waals surface area (Å²) in [4.78, 5) is 28.4. The molecule has 1 aromatic heterocycles. The predicted octanol–water partition coefficient (Wildman–Crippen LogP) is 0.185. The van der Waals surface area contributed by atoms with Crippen LogP contribution < -0.4 is 16.0 Å². The van der Waals surface area contributed by atoms with E-state index in [1.165, 1.54) is 18.2 Å². The molecule has 2 rings (SSSR count). The van der Waals surface area contributed by atoms with Gasteiger partial charge in [-0.15, -0.1) is 0 Å². The van der Waals surface area contributed by atoms with Crippen LogP contribution in [0.4, 0.5) is 11.6 Å². The number of hydrogen-bond acceptors (Lipinski definition) is 5. The lowest BCUT2D eigenvalue weighted by atomic mass is 10.2. The third-order valence-electron chi connectivity index (χ3n) is 2.25. The second kappa shape index (κ2) is 4.70. The Morgan fingerprint density at radius 1 is 1.33 bits per heavy atom. The van der Waals surface area contributed by atoms with E-state index in [9.17, 15) is 14.7 Å². The number of carboxylic acids is 1. The van der Waals surface area contributed by atoms with E-state index < -0.39 is 5.97 Å². The molecule has 6 heteroatoms. The van der Waals surface area contributed by atoms with Crippen molar-refractivity contribution in [1.29, 1.82) is 0 Å². The number of carboxylic acid groups (broad SMARTS) is 1. The highest BCUT2D eigenvalue weighted by Gasteiger charge is 1.99. The Kier molecular flexibility index (Phi) is 3.09. The van der Waals surface area contributed by atoms with Crippen molar-refractivity contribution in [2.24, 2.45) is 0 Å². The molecule has 0 aliphatic rings. The van der Waals surface area contributed by atoms with Crippen LogP contribution in [0.15, 0.2) is 35.1 Å². The third kappa shape index (κ3) is 2.73. The van der Waals surface area contributed by atoms with E-state index in [0.29, 0.717) is 17.3 Å². The largest absolute Gasteiger partial charge is 0.545 e. The van der Waals surface area contributed by atoms with E-state index in [-0.39, 0.29) is 11.1 Å². The molecule has 0 fully saturated rings. The van der Waals surface area contributed by atoms with Gasteiger partial charge in [0.25, 0.3) is 5.56 Å². The van der Waals surface area contributed by atoms with E-state index in [4.69, 9.17) is 0 Å². The fourth-order valence-electron chi connectivity index (χ4n) is 1.46. The topological polar surface area (TPSA) is 97.9 Å². The van der Waals surface area contributed by atoms with Gasteiger partial charge in [0.05, 0.1) is 5.97 Å². The van der Waals surface area contributed by atoms with Gasteiger partial charge < -0.3 is 15.2 Å². The van der Waals surface area contributed by atoms with Gasteiger partial charge in [-0.2, -0.15) is 0 Å². The van der Waals surface area contributed by atoms with Crippen molar-refractivity contribution in [3.05, 3.63) is 51.9 Å². The van der Waals surface area contributed by atoms with Crippen molar-refractivity contribution < 1.29 is 9.90 Å². The summed E-state index contributed by atoms with van der Waals surface area (Å²) in [6.45, 7) is 1.71. The summed E-state index contributed by atoms with van der Waals surface area (Å²) >= 11 is 0. The molecule has 0 radical (unpaired) electrons. The Bertz CT molecular complexity index is 632. The fourth-order valence-corrected chi connectivity index (χ4v) is 1.46. The summed E-state index contributed by atoms with van der Waals surface area (Å²) < 4.78 is 0. The average molecular weight is 244 g/mol. The highest BCUT2D eigenvalue weighted by atomic mass is 16.4. The molecule has 0 saturated heterocycles. The Morgan fingerprint density at radius 3 is 2.56 bits per heavy atom. The van der Waals surface area contributed by atoms with Gasteiger partial charge in [0.1, 0.15) is 0 Å². The van der Waals surface area contributed by atoms with Gasteiger partial charge in [0.2, 0.25) is 5.95 Å². The predicted molar refractivity (Wildman–Crippen MR) is 63.6 cm³/mol. The average Bonchev–Trinajstić information content (AvgIpc) is 2.28. The lowest BCUT2D eigenvalue weighted by molar-refractivity contribution is -0.255. The van der Waals surface area contributed by atoms with Crippen molar-refractivity contribution in [2.45, 2.75) is 6.92 Å². The number of rotatable bonds is 3. The standard InChI is InChI=1S/C12H11N3O3/c1-7-6-10(16)15-12(13-7)14-9-4-2-8(3-5-9)11(17)18/h2-6H,1H3,(H,17,18)(H2,13,14,15,16)/p-1. The first-order valence-corrected chi connectivity index (χ1v) is 5.21. The van der Waals surface area contributed by atoms with E-state index >= 15 is 0 Å². The summed E-state index contributed by atoms with van der Waals surface area (Å²) in [6, 6.07) is 7.32. The Balaban J connectivity index is 2.23. The lowest BCUT2D eigenvalue weighted by Crippen LogP contribution is -2.21. The normalized spacial score (nSPS) is 10.1. The highest BCUT2D eigenvalue weighted by Crippen LogP contribution is 2.12. The second-order valence-corrected chi connectivity index (χ2v) is 3.73.